The molecule has 40 heavy (non-hydrogen) atoms. The lowest BCUT2D eigenvalue weighted by atomic mass is 9.95. The zero-order valence-electron chi connectivity index (χ0n) is 22.8. The Hall–Kier alpha value is -4.06. The summed E-state index contributed by atoms with van der Waals surface area (Å²) in [6.07, 6.45) is 6.60. The van der Waals surface area contributed by atoms with Crippen LogP contribution in [0.25, 0.3) is 16.9 Å². The number of piperazine rings is 1. The molecule has 0 saturated carbocycles. The van der Waals surface area contributed by atoms with Gasteiger partial charge < -0.3 is 25.3 Å². The van der Waals surface area contributed by atoms with Crippen molar-refractivity contribution >= 4 is 28.4 Å². The zero-order chi connectivity index (χ0) is 27.9. The fourth-order valence-electron chi connectivity index (χ4n) is 5.39. The largest absolute Gasteiger partial charge is 0.392 e. The molecule has 11 nitrogen and oxygen atoms in total. The van der Waals surface area contributed by atoms with E-state index in [0.29, 0.717) is 47.9 Å². The van der Waals surface area contributed by atoms with Crippen LogP contribution in [-0.2, 0) is 18.8 Å². The van der Waals surface area contributed by atoms with Crippen LogP contribution in [0.3, 0.4) is 0 Å². The molecule has 4 aromatic rings. The number of hydrogen-bond donors (Lipinski definition) is 3. The molecular weight excluding hydrogens is 508 g/mol. The first kappa shape index (κ1) is 26.2. The summed E-state index contributed by atoms with van der Waals surface area (Å²) in [5.74, 6) is 0.807. The van der Waals surface area contributed by atoms with Gasteiger partial charge in [-0.3, -0.25) is 4.79 Å². The zero-order valence-corrected chi connectivity index (χ0v) is 22.8. The Balaban J connectivity index is 1.39. The minimum Gasteiger partial charge on any atom is -0.392 e. The van der Waals surface area contributed by atoms with Gasteiger partial charge in [0.2, 0.25) is 5.95 Å². The molecule has 1 saturated heterocycles. The highest BCUT2D eigenvalue weighted by Crippen LogP contribution is 2.28. The van der Waals surface area contributed by atoms with Crippen molar-refractivity contribution in [3.8, 4) is 5.82 Å². The van der Waals surface area contributed by atoms with Crippen molar-refractivity contribution in [2.75, 3.05) is 43.4 Å². The Labute approximate surface area is 232 Å². The lowest BCUT2D eigenvalue weighted by Crippen LogP contribution is -2.44. The second-order valence-corrected chi connectivity index (χ2v) is 10.7. The normalized spacial score (nSPS) is 20.6. The molecule has 208 valence electrons. The summed E-state index contributed by atoms with van der Waals surface area (Å²) in [5.41, 5.74) is 2.20. The highest BCUT2D eigenvalue weighted by molar-refractivity contribution is 5.77. The molecule has 3 aromatic heterocycles. The summed E-state index contributed by atoms with van der Waals surface area (Å²) < 4.78 is 3.27. The number of nitrogens with zero attached hydrogens (tertiary/aromatic N) is 7. The quantitative estimate of drug-likeness (QED) is 0.334. The van der Waals surface area contributed by atoms with Gasteiger partial charge in [-0.2, -0.15) is 4.98 Å². The van der Waals surface area contributed by atoms with Gasteiger partial charge >= 0.3 is 0 Å². The summed E-state index contributed by atoms with van der Waals surface area (Å²) in [4.78, 5) is 31.9. The molecule has 2 bridgehead atoms. The summed E-state index contributed by atoms with van der Waals surface area (Å²) in [7, 11) is 2.12. The van der Waals surface area contributed by atoms with Crippen molar-refractivity contribution in [1.29, 1.82) is 0 Å². The molecule has 2 aliphatic rings. The second-order valence-electron chi connectivity index (χ2n) is 10.7. The van der Waals surface area contributed by atoms with E-state index in [9.17, 15) is 15.0 Å². The SMILES string of the molecule is CN1CCN(c2ccc(Nc3ncc4c(=O)n5n(c4n3)-c3cccc(n3)C(C)(O)CC/C=C\C5)cc2CO)CC1. The molecule has 1 fully saturated rings. The van der Waals surface area contributed by atoms with E-state index in [4.69, 9.17) is 9.97 Å². The number of nitrogens with one attached hydrogen (secondary N) is 1. The van der Waals surface area contributed by atoms with Gasteiger partial charge in [-0.1, -0.05) is 18.2 Å². The maximum atomic E-state index is 13.4. The first-order valence-electron chi connectivity index (χ1n) is 13.6. The molecule has 3 N–H and O–H groups in total. The van der Waals surface area contributed by atoms with E-state index in [1.807, 2.05) is 36.4 Å². The average molecular weight is 543 g/mol. The number of fused-ring (bicyclic) bond motifs is 6. The van der Waals surface area contributed by atoms with Crippen LogP contribution in [-0.4, -0.2) is 72.7 Å². The molecular formula is C29H34N8O3. The van der Waals surface area contributed by atoms with E-state index in [2.05, 4.69) is 27.1 Å². The van der Waals surface area contributed by atoms with Gasteiger partial charge in [0.25, 0.3) is 5.56 Å². The van der Waals surface area contributed by atoms with Crippen LogP contribution in [0, 0.1) is 0 Å². The lowest BCUT2D eigenvalue weighted by Gasteiger charge is -2.35. The summed E-state index contributed by atoms with van der Waals surface area (Å²) in [5, 5.41) is 24.8. The number of benzene rings is 1. The molecule has 11 heteroatoms. The predicted octanol–water partition coefficient (Wildman–Crippen LogP) is 2.52. The smallest absolute Gasteiger partial charge is 0.278 e. The highest BCUT2D eigenvalue weighted by atomic mass is 16.3. The van der Waals surface area contributed by atoms with Crippen LogP contribution in [0.5, 0.6) is 0 Å². The summed E-state index contributed by atoms with van der Waals surface area (Å²) >= 11 is 0. The number of allylic oxidation sites excluding steroid dienone is 2. The number of aromatic nitrogens is 5. The lowest BCUT2D eigenvalue weighted by molar-refractivity contribution is 0.0443. The Morgan fingerprint density at radius 1 is 1.07 bits per heavy atom. The first-order valence-corrected chi connectivity index (χ1v) is 13.6. The number of likely N-dealkylation sites (N-methyl/N-ethyl adjacent to an activating group) is 1. The molecule has 1 aromatic carbocycles. The van der Waals surface area contributed by atoms with Gasteiger partial charge in [0.05, 0.1) is 18.8 Å². The Bertz CT molecular complexity index is 1630. The Kier molecular flexibility index (Phi) is 6.87. The average Bonchev–Trinajstić information content (AvgIpc) is 3.23. The molecule has 1 atom stereocenters. The van der Waals surface area contributed by atoms with Gasteiger partial charge in [-0.25, -0.2) is 19.3 Å². The molecule has 0 amide bonds. The van der Waals surface area contributed by atoms with Gasteiger partial charge in [-0.15, -0.1) is 0 Å². The van der Waals surface area contributed by atoms with Crippen molar-refractivity contribution in [3.63, 3.8) is 0 Å². The minimum atomic E-state index is -1.11. The fraction of sp³-hybridized carbons (Fsp3) is 0.379. The van der Waals surface area contributed by atoms with Crippen LogP contribution in [0.1, 0.15) is 31.0 Å². The van der Waals surface area contributed by atoms with E-state index < -0.39 is 5.60 Å². The molecule has 0 aliphatic carbocycles. The standard InChI is InChI=1S/C29H34N8O3/c1-29(40)11-4-3-5-12-36-27(39)22-18-30-28(33-26(22)37(36)25-8-6-7-24(29)32-25)31-21-9-10-23(20(17-21)19-38)35-15-13-34(2)14-16-35/h3,5-10,17-18,38,40H,4,11-16,19H2,1-2H3,(H,30,31,33)/b5-3-. The molecule has 2 aliphatic heterocycles. The van der Waals surface area contributed by atoms with E-state index in [-0.39, 0.29) is 12.2 Å². The van der Waals surface area contributed by atoms with Gasteiger partial charge in [0.1, 0.15) is 11.0 Å². The van der Waals surface area contributed by atoms with Crippen molar-refractivity contribution in [1.82, 2.24) is 29.2 Å². The maximum Gasteiger partial charge on any atom is 0.278 e. The third kappa shape index (κ3) is 4.87. The van der Waals surface area contributed by atoms with Crippen molar-refractivity contribution in [3.05, 3.63) is 76.4 Å². The Morgan fingerprint density at radius 2 is 1.90 bits per heavy atom. The molecule has 0 spiro atoms. The number of aliphatic hydroxyl groups is 2. The number of aliphatic hydroxyl groups excluding tert-OH is 1. The summed E-state index contributed by atoms with van der Waals surface area (Å²) in [6.45, 7) is 5.77. The van der Waals surface area contributed by atoms with Crippen LogP contribution in [0.4, 0.5) is 17.3 Å². The number of rotatable bonds is 4. The summed E-state index contributed by atoms with van der Waals surface area (Å²) in [6, 6.07) is 11.3. The van der Waals surface area contributed by atoms with Crippen molar-refractivity contribution < 1.29 is 10.2 Å². The molecule has 0 radical (unpaired) electrons. The van der Waals surface area contributed by atoms with Crippen molar-refractivity contribution in [2.45, 2.75) is 38.5 Å². The van der Waals surface area contributed by atoms with Crippen LogP contribution < -0.4 is 15.8 Å². The van der Waals surface area contributed by atoms with E-state index in [1.54, 1.807) is 28.4 Å². The fourth-order valence-corrected chi connectivity index (χ4v) is 5.39. The first-order chi connectivity index (χ1) is 19.3. The van der Waals surface area contributed by atoms with Crippen LogP contribution in [0.2, 0.25) is 0 Å². The number of pyridine rings is 1. The number of hydrogen-bond acceptors (Lipinski definition) is 9. The van der Waals surface area contributed by atoms with Gasteiger partial charge in [0, 0.05) is 49.3 Å². The van der Waals surface area contributed by atoms with Crippen LogP contribution >= 0.6 is 0 Å². The van der Waals surface area contributed by atoms with Gasteiger partial charge in [0.15, 0.2) is 11.5 Å². The van der Waals surface area contributed by atoms with Crippen molar-refractivity contribution in [2.24, 2.45) is 0 Å². The van der Waals surface area contributed by atoms with E-state index in [1.165, 1.54) is 6.20 Å². The van der Waals surface area contributed by atoms with E-state index >= 15 is 0 Å². The third-order valence-corrected chi connectivity index (χ3v) is 7.77. The second kappa shape index (κ2) is 10.5. The minimum absolute atomic E-state index is 0.0845. The molecule has 5 heterocycles. The topological polar surface area (TPSA) is 125 Å². The monoisotopic (exact) mass is 542 g/mol. The van der Waals surface area contributed by atoms with Gasteiger partial charge in [-0.05, 0) is 57.1 Å². The predicted molar refractivity (Wildman–Crippen MR) is 154 cm³/mol. The highest BCUT2D eigenvalue weighted by Gasteiger charge is 2.26. The number of anilines is 3. The maximum absolute atomic E-state index is 13.4. The van der Waals surface area contributed by atoms with Crippen LogP contribution in [0.15, 0.2) is 59.5 Å². The Morgan fingerprint density at radius 3 is 2.70 bits per heavy atom. The molecule has 6 rings (SSSR count). The third-order valence-electron chi connectivity index (χ3n) is 7.77. The molecule has 1 unspecified atom stereocenters. The van der Waals surface area contributed by atoms with E-state index in [0.717, 1.165) is 43.1 Å².